The lowest BCUT2D eigenvalue weighted by atomic mass is 10.2. The predicted octanol–water partition coefficient (Wildman–Crippen LogP) is 3.68. The van der Waals surface area contributed by atoms with Gasteiger partial charge in [0.1, 0.15) is 6.10 Å². The van der Waals surface area contributed by atoms with Crippen molar-refractivity contribution < 1.29 is 18.7 Å². The van der Waals surface area contributed by atoms with E-state index in [0.717, 1.165) is 0 Å². The zero-order valence-corrected chi connectivity index (χ0v) is 19.7. The summed E-state index contributed by atoms with van der Waals surface area (Å²) >= 11 is 0. The van der Waals surface area contributed by atoms with E-state index < -0.39 is 8.32 Å². The molecule has 5 nitrogen and oxygen atoms in total. The third-order valence-corrected chi connectivity index (χ3v) is 11.2. The first-order valence-electron chi connectivity index (χ1n) is 10.9. The van der Waals surface area contributed by atoms with E-state index in [2.05, 4.69) is 69.3 Å². The van der Waals surface area contributed by atoms with Crippen LogP contribution in [0.1, 0.15) is 27.7 Å². The van der Waals surface area contributed by atoms with Crippen molar-refractivity contribution in [2.75, 3.05) is 13.2 Å². The number of ether oxygens (including phenoxy) is 2. The van der Waals surface area contributed by atoms with E-state index in [4.69, 9.17) is 13.9 Å². The molecule has 0 N–H and O–H groups in total. The topological polar surface area (TPSA) is 47.8 Å². The summed E-state index contributed by atoms with van der Waals surface area (Å²) in [4.78, 5) is 14.0. The van der Waals surface area contributed by atoms with Crippen molar-refractivity contribution in [3.05, 3.63) is 73.0 Å². The molecule has 164 valence electrons. The Hall–Kier alpha value is -2.57. The molecule has 2 aromatic carbocycles. The Morgan fingerprint density at radius 2 is 1.61 bits per heavy atom. The molecule has 0 aliphatic carbocycles. The fourth-order valence-corrected chi connectivity index (χ4v) is 9.30. The fourth-order valence-electron chi connectivity index (χ4n) is 4.73. The van der Waals surface area contributed by atoms with E-state index in [0.29, 0.717) is 13.2 Å². The molecule has 1 fully saturated rings. The number of benzene rings is 2. The van der Waals surface area contributed by atoms with Gasteiger partial charge in [0.25, 0.3) is 8.32 Å². The maximum Gasteiger partial charge on any atom is 0.410 e. The Kier molecular flexibility index (Phi) is 5.95. The molecule has 1 amide bonds. The first kappa shape index (κ1) is 21.7. The Balaban J connectivity index is 1.65. The van der Waals surface area contributed by atoms with Gasteiger partial charge >= 0.3 is 6.09 Å². The van der Waals surface area contributed by atoms with Crippen LogP contribution in [-0.4, -0.2) is 50.7 Å². The molecular formula is C25H31NO4Si. The van der Waals surface area contributed by atoms with Crippen molar-refractivity contribution in [1.29, 1.82) is 0 Å². The van der Waals surface area contributed by atoms with Gasteiger partial charge in [-0.2, -0.15) is 0 Å². The van der Waals surface area contributed by atoms with Crippen molar-refractivity contribution in [2.45, 2.75) is 50.9 Å². The minimum absolute atomic E-state index is 0.0283. The van der Waals surface area contributed by atoms with Gasteiger partial charge in [-0.05, 0) is 28.4 Å². The fraction of sp³-hybridized carbons (Fsp3) is 0.400. The molecular weight excluding hydrogens is 406 g/mol. The van der Waals surface area contributed by atoms with Crippen LogP contribution in [0.4, 0.5) is 4.79 Å². The van der Waals surface area contributed by atoms with Gasteiger partial charge in [-0.25, -0.2) is 4.79 Å². The van der Waals surface area contributed by atoms with E-state index in [1.54, 1.807) is 11.2 Å². The van der Waals surface area contributed by atoms with Gasteiger partial charge in [0.05, 0.1) is 31.6 Å². The molecule has 31 heavy (non-hydrogen) atoms. The summed E-state index contributed by atoms with van der Waals surface area (Å²) in [6, 6.07) is 21.1. The monoisotopic (exact) mass is 437 g/mol. The van der Waals surface area contributed by atoms with Crippen LogP contribution in [0, 0.1) is 0 Å². The number of hydrogen-bond donors (Lipinski definition) is 0. The minimum atomic E-state index is -2.65. The largest absolute Gasteiger partial charge is 0.494 e. The van der Waals surface area contributed by atoms with E-state index in [1.807, 2.05) is 25.1 Å². The standard InChI is InChI=1S/C25H31NO4Si/c1-5-28-24(27)26-21-16-17-29-22(23(21)26)18-30-31(25(2,3)4,19-12-8-6-9-13-19)20-14-10-7-11-15-20/h6-17,21-23H,5,18H2,1-4H3/t21-,22-,23-,26?/m1/s1. The van der Waals surface area contributed by atoms with Crippen LogP contribution in [0.3, 0.4) is 0 Å². The van der Waals surface area contributed by atoms with Crippen molar-refractivity contribution in [2.24, 2.45) is 0 Å². The summed E-state index contributed by atoms with van der Waals surface area (Å²) < 4.78 is 18.1. The maximum absolute atomic E-state index is 12.3. The zero-order valence-electron chi connectivity index (χ0n) is 18.7. The lowest BCUT2D eigenvalue weighted by Gasteiger charge is -2.43. The summed E-state index contributed by atoms with van der Waals surface area (Å²) in [5.41, 5.74) is 0. The number of fused-ring (bicyclic) bond motifs is 1. The number of hydrogen-bond acceptors (Lipinski definition) is 4. The molecule has 0 radical (unpaired) electrons. The molecule has 2 heterocycles. The molecule has 0 spiro atoms. The van der Waals surface area contributed by atoms with Gasteiger partial charge in [0, 0.05) is 0 Å². The van der Waals surface area contributed by atoms with Crippen LogP contribution < -0.4 is 10.4 Å². The summed E-state index contributed by atoms with van der Waals surface area (Å²) in [7, 11) is -2.65. The van der Waals surface area contributed by atoms with Gasteiger partial charge in [0.2, 0.25) is 0 Å². The summed E-state index contributed by atoms with van der Waals surface area (Å²) in [6.45, 7) is 9.36. The first-order valence-corrected chi connectivity index (χ1v) is 12.8. The quantitative estimate of drug-likeness (QED) is 0.511. The minimum Gasteiger partial charge on any atom is -0.494 e. The Morgan fingerprint density at radius 3 is 2.13 bits per heavy atom. The summed E-state index contributed by atoms with van der Waals surface area (Å²) in [5, 5.41) is 2.36. The Morgan fingerprint density at radius 1 is 1.03 bits per heavy atom. The second-order valence-corrected chi connectivity index (χ2v) is 13.4. The molecule has 0 bridgehead atoms. The number of carbonyl (C=O) groups excluding carboxylic acids is 1. The molecule has 0 unspecified atom stereocenters. The molecule has 0 aromatic heterocycles. The van der Waals surface area contributed by atoms with Crippen LogP contribution in [0.15, 0.2) is 73.0 Å². The molecule has 0 saturated carbocycles. The molecule has 2 aromatic rings. The molecule has 2 aliphatic heterocycles. The van der Waals surface area contributed by atoms with E-state index in [9.17, 15) is 4.79 Å². The third-order valence-electron chi connectivity index (χ3n) is 6.17. The molecule has 6 heteroatoms. The first-order chi connectivity index (χ1) is 14.9. The van der Waals surface area contributed by atoms with Crippen molar-refractivity contribution >= 4 is 24.8 Å². The smallest absolute Gasteiger partial charge is 0.410 e. The summed E-state index contributed by atoms with van der Waals surface area (Å²) in [5.74, 6) is 0. The molecule has 2 aliphatic rings. The van der Waals surface area contributed by atoms with Gasteiger partial charge in [-0.3, -0.25) is 4.90 Å². The van der Waals surface area contributed by atoms with Gasteiger partial charge in [0.15, 0.2) is 0 Å². The number of amides is 1. The SMILES string of the molecule is CCOC(=O)N1[C@@H]2[C@H]1C=CO[C@@H]2CO[Si](c1ccccc1)(c1ccccc1)C(C)(C)C. The second kappa shape index (κ2) is 8.52. The van der Waals surface area contributed by atoms with Crippen molar-refractivity contribution in [3.63, 3.8) is 0 Å². The predicted molar refractivity (Wildman–Crippen MR) is 124 cm³/mol. The van der Waals surface area contributed by atoms with Crippen LogP contribution in [0.2, 0.25) is 5.04 Å². The van der Waals surface area contributed by atoms with E-state index in [1.165, 1.54) is 10.4 Å². The van der Waals surface area contributed by atoms with Crippen molar-refractivity contribution in [1.82, 2.24) is 4.90 Å². The van der Waals surface area contributed by atoms with Gasteiger partial charge < -0.3 is 13.9 Å². The lowest BCUT2D eigenvalue weighted by Crippen LogP contribution is -2.67. The Labute approximate surface area is 185 Å². The molecule has 1 saturated heterocycles. The highest BCUT2D eigenvalue weighted by atomic mass is 28.4. The summed E-state index contributed by atoms with van der Waals surface area (Å²) in [6.07, 6.45) is 3.10. The second-order valence-electron chi connectivity index (χ2n) is 9.06. The normalized spacial score (nSPS) is 22.5. The molecule has 3 atom stereocenters. The average Bonchev–Trinajstić information content (AvgIpc) is 3.50. The highest BCUT2D eigenvalue weighted by Crippen LogP contribution is 2.40. The molecule has 4 rings (SSSR count). The number of carbonyl (C=O) groups is 1. The highest BCUT2D eigenvalue weighted by molar-refractivity contribution is 6.99. The number of nitrogens with zero attached hydrogens (tertiary/aromatic N) is 1. The van der Waals surface area contributed by atoms with Gasteiger partial charge in [-0.15, -0.1) is 0 Å². The van der Waals surface area contributed by atoms with Gasteiger partial charge in [-0.1, -0.05) is 81.4 Å². The van der Waals surface area contributed by atoms with E-state index >= 15 is 0 Å². The van der Waals surface area contributed by atoms with Crippen LogP contribution in [0.25, 0.3) is 0 Å². The van der Waals surface area contributed by atoms with Crippen molar-refractivity contribution in [3.8, 4) is 0 Å². The van der Waals surface area contributed by atoms with Crippen LogP contribution in [0.5, 0.6) is 0 Å². The highest BCUT2D eigenvalue weighted by Gasteiger charge is 2.58. The maximum atomic E-state index is 12.3. The van der Waals surface area contributed by atoms with E-state index in [-0.39, 0.29) is 29.3 Å². The zero-order chi connectivity index (χ0) is 22.1. The van der Waals surface area contributed by atoms with Crippen LogP contribution >= 0.6 is 0 Å². The Bertz CT molecular complexity index is 886. The lowest BCUT2D eigenvalue weighted by molar-refractivity contribution is 0.0661. The average molecular weight is 438 g/mol. The van der Waals surface area contributed by atoms with Crippen LogP contribution in [-0.2, 0) is 13.9 Å². The number of rotatable bonds is 6. The third kappa shape index (κ3) is 3.90.